The maximum absolute atomic E-state index is 14.8. The maximum atomic E-state index is 14.8. The van der Waals surface area contributed by atoms with Crippen LogP contribution in [0.2, 0.25) is 0 Å². The number of aryl methyl sites for hydroxylation is 1. The van der Waals surface area contributed by atoms with Crippen molar-refractivity contribution in [3.8, 4) is 16.9 Å². The largest absolute Gasteiger partial charge is 0.491 e. The Morgan fingerprint density at radius 2 is 1.33 bits per heavy atom. The number of piperidine rings is 1. The number of esters is 1. The summed E-state index contributed by atoms with van der Waals surface area (Å²) in [5.74, 6) is -7.80. The van der Waals surface area contributed by atoms with Gasteiger partial charge in [0.25, 0.3) is 17.6 Å². The number of ketones is 2. The number of pyridine rings is 1. The number of allylic oxidation sites excluding steroid dienone is 5. The molecule has 33 nitrogen and oxygen atoms in total. The van der Waals surface area contributed by atoms with Crippen LogP contribution in [0.25, 0.3) is 11.1 Å². The van der Waals surface area contributed by atoms with Gasteiger partial charge in [-0.2, -0.15) is 0 Å². The van der Waals surface area contributed by atoms with E-state index < -0.39 is 118 Å². The molecule has 0 spiro atoms. The molecule has 4 aliphatic heterocycles. The summed E-state index contributed by atoms with van der Waals surface area (Å²) in [6.07, 6.45) is 10.5. The number of carbonyl (C=O) groups is 7. The number of methoxy groups -OCH3 is 3. The zero-order valence-corrected chi connectivity index (χ0v) is 78.1. The minimum absolute atomic E-state index is 0.00203. The van der Waals surface area contributed by atoms with Gasteiger partial charge in [0, 0.05) is 107 Å². The van der Waals surface area contributed by atoms with Crippen molar-refractivity contribution in [2.45, 2.75) is 211 Å². The minimum Gasteiger partial charge on any atom is -0.491 e. The van der Waals surface area contributed by atoms with E-state index in [-0.39, 0.29) is 112 Å². The lowest BCUT2D eigenvalue weighted by Crippen LogP contribution is -2.61. The second kappa shape index (κ2) is 55.5. The molecule has 2 bridgehead atoms. The van der Waals surface area contributed by atoms with E-state index >= 15 is 0 Å². The number of aliphatic hydroxyl groups excluding tert-OH is 2. The summed E-state index contributed by atoms with van der Waals surface area (Å²) < 4.78 is 113. The Kier molecular flexibility index (Phi) is 45.7. The summed E-state index contributed by atoms with van der Waals surface area (Å²) in [4.78, 5) is 104. The number of benzene rings is 2. The van der Waals surface area contributed by atoms with Gasteiger partial charge in [0.1, 0.15) is 48.6 Å². The zero-order valence-electron chi connectivity index (χ0n) is 77.2. The predicted molar refractivity (Wildman–Crippen MR) is 480 cm³/mol. The lowest BCUT2D eigenvalue weighted by Gasteiger charge is -2.43. The average molecular weight is 1830 g/mol. The van der Waals surface area contributed by atoms with E-state index in [1.165, 1.54) is 30.2 Å². The molecule has 1 aromatic heterocycles. The van der Waals surface area contributed by atoms with Crippen LogP contribution in [0.1, 0.15) is 153 Å². The molecule has 5 heterocycles. The van der Waals surface area contributed by atoms with Crippen LogP contribution in [0.4, 0.5) is 10.6 Å². The number of nitrogens with two attached hydrogens (primary N) is 1. The number of alkyl carbamates (subject to hydrolysis) is 1. The molecule has 0 radical (unpaired) electrons. The van der Waals surface area contributed by atoms with Crippen molar-refractivity contribution in [1.82, 2.24) is 25.4 Å². The number of aromatic nitrogens is 1. The fourth-order valence-corrected chi connectivity index (χ4v) is 17.9. The van der Waals surface area contributed by atoms with E-state index in [1.807, 2.05) is 82.3 Å². The smallest absolute Gasteiger partial charge is 0.407 e. The number of aliphatic hydroxyl groups is 3. The molecule has 129 heavy (non-hydrogen) atoms. The van der Waals surface area contributed by atoms with E-state index in [1.54, 1.807) is 65.2 Å². The average Bonchev–Trinajstić information content (AvgIpc) is 1.08. The van der Waals surface area contributed by atoms with Gasteiger partial charge in [-0.1, -0.05) is 77.1 Å². The molecule has 8 rings (SSSR count). The molecule has 1 aliphatic carbocycles. The molecule has 4 amide bonds. The summed E-state index contributed by atoms with van der Waals surface area (Å²) in [5, 5.41) is 41.3. The normalized spacial score (nSPS) is 27.3. The van der Waals surface area contributed by atoms with Crippen molar-refractivity contribution in [3.63, 3.8) is 0 Å². The van der Waals surface area contributed by atoms with Crippen LogP contribution in [0.3, 0.4) is 0 Å². The molecular weight excluding hydrogens is 1690 g/mol. The SMILES string of the molecule is CO[C@H]1C[C@@H]2CC[C@@H](C)[C@@](O)(O2)C(=O)C(=O)N2CCCC[C@H]2C(=O)O[C@H]([C@H](C)C[C@@H]2CC[C@@H](OC(=O)NCCOCCOCCOCCOCCOCCOCCOCCOCCC(=O)NCCS(=O)(=O)c3ccc(C(=O)N4CCOc5ccc(-c6ccc(N)nc6)cc5C4)c(C)c3)[C@H](OC)C2)C[C@@H](O)[C@H](C)/C=C(\C)[C@@H](O)[C@@H](OC)C(=O)[C@H](C)C[C@H](C)/C=C/C=C/C=C/1C. The van der Waals surface area contributed by atoms with Crippen molar-refractivity contribution in [2.75, 3.05) is 171 Å². The fourth-order valence-electron chi connectivity index (χ4n) is 16.7. The number of anilines is 1. The number of hydrogen-bond donors (Lipinski definition) is 6. The summed E-state index contributed by atoms with van der Waals surface area (Å²) in [6.45, 7) is 20.7. The molecule has 0 unspecified atom stereocenters. The molecule has 2 saturated heterocycles. The molecule has 3 aromatic rings. The first-order chi connectivity index (χ1) is 61.9. The van der Waals surface area contributed by atoms with Crippen LogP contribution in [0.15, 0.2) is 107 Å². The Bertz CT molecular complexity index is 4250. The first-order valence-corrected chi connectivity index (χ1v) is 47.2. The number of amides is 4. The van der Waals surface area contributed by atoms with Crippen LogP contribution in [0.5, 0.6) is 5.75 Å². The Morgan fingerprint density at radius 1 is 0.674 bits per heavy atom. The molecular formula is C95H142N6O27S. The van der Waals surface area contributed by atoms with Crippen LogP contribution < -0.4 is 21.1 Å². The number of Topliss-reactive ketones (excluding diaryl/α,β-unsaturated/α-hetero) is 2. The third-order valence-corrected chi connectivity index (χ3v) is 26.1. The highest BCUT2D eigenvalue weighted by Crippen LogP contribution is 2.40. The van der Waals surface area contributed by atoms with Gasteiger partial charge in [-0.15, -0.1) is 0 Å². The number of nitrogens with one attached hydrogen (secondary N) is 2. The summed E-state index contributed by atoms with van der Waals surface area (Å²) in [6, 6.07) is 12.6. The number of nitrogen functional groups attached to an aromatic ring is 1. The van der Waals surface area contributed by atoms with Gasteiger partial charge in [0.05, 0.1) is 147 Å². The van der Waals surface area contributed by atoms with Gasteiger partial charge in [-0.25, -0.2) is 23.0 Å². The number of cyclic esters (lactones) is 1. The monoisotopic (exact) mass is 1830 g/mol. The Hall–Kier alpha value is -8.01. The van der Waals surface area contributed by atoms with Gasteiger partial charge in [-0.3, -0.25) is 24.0 Å². The van der Waals surface area contributed by atoms with Crippen molar-refractivity contribution in [1.29, 1.82) is 0 Å². The zero-order chi connectivity index (χ0) is 93.4. The Labute approximate surface area is 760 Å². The van der Waals surface area contributed by atoms with E-state index in [9.17, 15) is 57.3 Å². The lowest BCUT2D eigenvalue weighted by molar-refractivity contribution is -0.265. The minimum atomic E-state index is -3.79. The summed E-state index contributed by atoms with van der Waals surface area (Å²) in [5.41, 5.74) is 10.5. The standard InChI is InChI=1S/C95H142N6O27S/c1-63-17-13-12-14-18-64(2)82(114-9)59-75-24-20-70(8)95(111,128-75)90(106)92(108)101-33-16-15-19-78(101)93(109)126-83(60-79(102)66(4)54-69(7)88(105)89(116-11)87(104)68(6)53-63)67(5)55-71-21-27-81(84(57-71)115-10)127-94(110)98-31-36-118-39-41-120-43-45-122-47-49-124-51-50-123-48-46-121-44-42-119-40-38-117-35-30-86(103)97-32-52-129(112,113)76-25-26-77(65(3)56-76)91(107)100-34-37-125-80-28-22-72(58-74(80)62-100)73-23-29-85(96)99-61-73/h12-14,17-18,22-23,25-26,28-29,54,56,58,61,63,66-68,70-71,75,78-79,81-84,88-89,102,105,111H,15-16,19-21,24,27,30-53,55,57,59-60,62H2,1-11H3,(H2,96,99)(H,97,103)(H,98,110)/b14-12+,17-13+,64-18+,69-54+/t63-,66-,67-,68-,70-,71+,75+,78+,79-,81-,82+,83+,84-,88-,89+,95-/m1/s1. The molecule has 1 saturated carbocycles. The molecule has 720 valence electrons. The molecule has 2 aromatic carbocycles. The van der Waals surface area contributed by atoms with E-state index in [0.717, 1.165) is 22.3 Å². The number of ether oxygens (including phenoxy) is 15. The predicted octanol–water partition coefficient (Wildman–Crippen LogP) is 8.81. The van der Waals surface area contributed by atoms with E-state index in [4.69, 9.17) is 76.8 Å². The van der Waals surface area contributed by atoms with Crippen LogP contribution in [-0.4, -0.2) is 306 Å². The van der Waals surface area contributed by atoms with E-state index in [2.05, 4.69) is 15.6 Å². The third kappa shape index (κ3) is 34.2. The highest BCUT2D eigenvalue weighted by molar-refractivity contribution is 7.91. The molecule has 34 heteroatoms. The highest BCUT2D eigenvalue weighted by Gasteiger charge is 2.53. The first-order valence-electron chi connectivity index (χ1n) is 45.5. The number of sulfone groups is 1. The third-order valence-electron chi connectivity index (χ3n) is 24.4. The Morgan fingerprint density at radius 3 is 1.95 bits per heavy atom. The number of nitrogens with zero attached hydrogens (tertiary/aromatic N) is 3. The van der Waals surface area contributed by atoms with Crippen LogP contribution in [-0.2, 0) is 107 Å². The second-order valence-electron chi connectivity index (χ2n) is 34.3. The fraction of sp³-hybridized carbons (Fsp3) is 0.663. The number of hydrogen-bond acceptors (Lipinski definition) is 29. The number of carbonyl (C=O) groups excluding carboxylic acids is 7. The van der Waals surface area contributed by atoms with E-state index in [0.29, 0.717) is 185 Å². The van der Waals surface area contributed by atoms with Gasteiger partial charge >= 0.3 is 12.1 Å². The van der Waals surface area contributed by atoms with Gasteiger partial charge < -0.3 is 113 Å². The maximum Gasteiger partial charge on any atom is 0.407 e. The Balaban J connectivity index is 0.643. The number of rotatable bonds is 40. The van der Waals surface area contributed by atoms with Gasteiger partial charge in [0.2, 0.25) is 11.7 Å². The van der Waals surface area contributed by atoms with Gasteiger partial charge in [-0.05, 0) is 167 Å². The highest BCUT2D eigenvalue weighted by atomic mass is 32.2. The molecule has 5 aliphatic rings. The number of fused-ring (bicyclic) bond motifs is 4. The van der Waals surface area contributed by atoms with Crippen molar-refractivity contribution >= 4 is 57.0 Å². The lowest BCUT2D eigenvalue weighted by atomic mass is 9.78. The molecule has 7 N–H and O–H groups in total. The van der Waals surface area contributed by atoms with Crippen molar-refractivity contribution in [2.24, 2.45) is 35.5 Å². The molecule has 16 atom stereocenters. The van der Waals surface area contributed by atoms with Crippen molar-refractivity contribution < 1.29 is 128 Å². The summed E-state index contributed by atoms with van der Waals surface area (Å²) >= 11 is 0. The quantitative estimate of drug-likeness (QED) is 0.0134. The topological polar surface area (TPSA) is 422 Å². The first kappa shape index (κ1) is 106. The van der Waals surface area contributed by atoms with Crippen LogP contribution in [0, 0.1) is 42.4 Å². The molecule has 3 fully saturated rings. The van der Waals surface area contributed by atoms with Crippen LogP contribution >= 0.6 is 0 Å². The van der Waals surface area contributed by atoms with Gasteiger partial charge in [0.15, 0.2) is 15.6 Å². The summed E-state index contributed by atoms with van der Waals surface area (Å²) in [7, 11) is 0.722. The van der Waals surface area contributed by atoms with Crippen molar-refractivity contribution in [3.05, 3.63) is 119 Å². The second-order valence-corrected chi connectivity index (χ2v) is 36.4.